The highest BCUT2D eigenvalue weighted by molar-refractivity contribution is 5.55. The average molecular weight is 255 g/mol. The van der Waals surface area contributed by atoms with E-state index >= 15 is 0 Å². The van der Waals surface area contributed by atoms with Crippen molar-refractivity contribution in [3.63, 3.8) is 0 Å². The third kappa shape index (κ3) is 2.73. The van der Waals surface area contributed by atoms with Crippen molar-refractivity contribution >= 4 is 5.69 Å². The topological polar surface area (TPSA) is 35.2 Å². The number of rotatable bonds is 2. The zero-order chi connectivity index (χ0) is 14.2. The van der Waals surface area contributed by atoms with E-state index in [-0.39, 0.29) is 0 Å². The fraction of sp³-hybridized carbons (Fsp3) is 0.294. The number of nitrogen functional groups attached to an aromatic ring is 1. The molecular formula is C17H21NO. The van der Waals surface area contributed by atoms with Gasteiger partial charge in [-0.15, -0.1) is 0 Å². The van der Waals surface area contributed by atoms with Gasteiger partial charge in [-0.05, 0) is 69.0 Å². The molecule has 2 rings (SSSR count). The third-order valence-electron chi connectivity index (χ3n) is 3.29. The Kier molecular flexibility index (Phi) is 3.52. The van der Waals surface area contributed by atoms with E-state index in [2.05, 4.69) is 32.9 Å². The molecule has 0 saturated carbocycles. The van der Waals surface area contributed by atoms with Crippen LogP contribution in [0.5, 0.6) is 11.5 Å². The maximum absolute atomic E-state index is 6.16. The lowest BCUT2D eigenvalue weighted by molar-refractivity contribution is 0.468. The lowest BCUT2D eigenvalue weighted by Gasteiger charge is -2.16. The number of hydrogen-bond donors (Lipinski definition) is 1. The lowest BCUT2D eigenvalue weighted by Crippen LogP contribution is -1.97. The van der Waals surface area contributed by atoms with Crippen molar-refractivity contribution in [3.8, 4) is 11.5 Å². The highest BCUT2D eigenvalue weighted by Gasteiger charge is 2.11. The predicted octanol–water partition coefficient (Wildman–Crippen LogP) is 4.60. The molecule has 19 heavy (non-hydrogen) atoms. The predicted molar refractivity (Wildman–Crippen MR) is 81.1 cm³/mol. The van der Waals surface area contributed by atoms with Crippen molar-refractivity contribution in [1.82, 2.24) is 0 Å². The molecule has 100 valence electrons. The van der Waals surface area contributed by atoms with E-state index in [1.807, 2.05) is 26.0 Å². The molecule has 0 atom stereocenters. The Morgan fingerprint density at radius 1 is 0.684 bits per heavy atom. The van der Waals surface area contributed by atoms with Gasteiger partial charge in [-0.3, -0.25) is 0 Å². The van der Waals surface area contributed by atoms with Crippen molar-refractivity contribution in [2.45, 2.75) is 34.6 Å². The van der Waals surface area contributed by atoms with Crippen LogP contribution < -0.4 is 10.5 Å². The molecule has 0 bridgehead atoms. The van der Waals surface area contributed by atoms with Crippen LogP contribution in [-0.2, 0) is 0 Å². The maximum Gasteiger partial charge on any atom is 0.133 e. The number of benzene rings is 2. The fourth-order valence-corrected chi connectivity index (χ4v) is 2.57. The van der Waals surface area contributed by atoms with Gasteiger partial charge in [-0.1, -0.05) is 17.7 Å². The third-order valence-corrected chi connectivity index (χ3v) is 3.29. The summed E-state index contributed by atoms with van der Waals surface area (Å²) in [6, 6.07) is 8.18. The summed E-state index contributed by atoms with van der Waals surface area (Å²) in [6.45, 7) is 10.3. The maximum atomic E-state index is 6.16. The normalized spacial score (nSPS) is 10.6. The van der Waals surface area contributed by atoms with Gasteiger partial charge < -0.3 is 10.5 Å². The monoisotopic (exact) mass is 255 g/mol. The van der Waals surface area contributed by atoms with Crippen molar-refractivity contribution in [3.05, 3.63) is 52.1 Å². The van der Waals surface area contributed by atoms with Gasteiger partial charge in [0, 0.05) is 5.69 Å². The number of ether oxygens (including phenoxy) is 1. The molecule has 0 spiro atoms. The van der Waals surface area contributed by atoms with Gasteiger partial charge in [0.05, 0.1) is 0 Å². The van der Waals surface area contributed by atoms with E-state index in [9.17, 15) is 0 Å². The summed E-state index contributed by atoms with van der Waals surface area (Å²) in [4.78, 5) is 0. The Hall–Kier alpha value is -1.96. The number of hydrogen-bond acceptors (Lipinski definition) is 2. The van der Waals surface area contributed by atoms with Crippen molar-refractivity contribution in [2.24, 2.45) is 0 Å². The van der Waals surface area contributed by atoms with E-state index in [1.165, 1.54) is 5.56 Å². The lowest BCUT2D eigenvalue weighted by atomic mass is 10.1. The van der Waals surface area contributed by atoms with Crippen molar-refractivity contribution in [2.75, 3.05) is 5.73 Å². The standard InChI is InChI=1S/C17H21NO/c1-10-6-11(2)16(12(3)7-10)19-17-13(4)8-15(18)9-14(17)5/h6-9H,18H2,1-5H3. The van der Waals surface area contributed by atoms with E-state index in [0.29, 0.717) is 0 Å². The molecule has 2 aromatic rings. The van der Waals surface area contributed by atoms with Crippen LogP contribution in [0.15, 0.2) is 24.3 Å². The van der Waals surface area contributed by atoms with E-state index in [1.54, 1.807) is 0 Å². The van der Waals surface area contributed by atoms with Crippen LogP contribution in [0.25, 0.3) is 0 Å². The van der Waals surface area contributed by atoms with Gasteiger partial charge in [0.15, 0.2) is 0 Å². The van der Waals surface area contributed by atoms with Gasteiger partial charge >= 0.3 is 0 Å². The fourth-order valence-electron chi connectivity index (χ4n) is 2.57. The molecule has 0 heterocycles. The van der Waals surface area contributed by atoms with Gasteiger partial charge in [0.2, 0.25) is 0 Å². The van der Waals surface area contributed by atoms with E-state index in [0.717, 1.165) is 39.4 Å². The second kappa shape index (κ2) is 4.96. The first kappa shape index (κ1) is 13.5. The van der Waals surface area contributed by atoms with Crippen molar-refractivity contribution < 1.29 is 4.74 Å². The number of anilines is 1. The molecule has 0 fully saturated rings. The molecule has 0 aliphatic carbocycles. The molecule has 0 amide bonds. The van der Waals surface area contributed by atoms with Crippen molar-refractivity contribution in [1.29, 1.82) is 0 Å². The Bertz CT molecular complexity index is 528. The molecule has 0 aliphatic heterocycles. The van der Waals surface area contributed by atoms with Crippen LogP contribution in [0.2, 0.25) is 0 Å². The first-order chi connectivity index (χ1) is 8.88. The molecule has 0 aliphatic rings. The summed E-state index contributed by atoms with van der Waals surface area (Å²) in [7, 11) is 0. The summed E-state index contributed by atoms with van der Waals surface area (Å²) in [5.74, 6) is 1.85. The Balaban J connectivity index is 2.48. The molecule has 2 aromatic carbocycles. The van der Waals surface area contributed by atoms with Crippen LogP contribution in [0, 0.1) is 34.6 Å². The largest absolute Gasteiger partial charge is 0.456 e. The summed E-state index contributed by atoms with van der Waals surface area (Å²) < 4.78 is 6.16. The smallest absolute Gasteiger partial charge is 0.133 e. The molecule has 2 nitrogen and oxygen atoms in total. The quantitative estimate of drug-likeness (QED) is 0.796. The summed E-state index contributed by atoms with van der Waals surface area (Å²) >= 11 is 0. The van der Waals surface area contributed by atoms with Gasteiger partial charge in [0.25, 0.3) is 0 Å². The average Bonchev–Trinajstić information content (AvgIpc) is 2.25. The summed E-state index contributed by atoms with van der Waals surface area (Å²) in [5.41, 5.74) is 12.3. The highest BCUT2D eigenvalue weighted by Crippen LogP contribution is 2.34. The molecule has 2 heteroatoms. The summed E-state index contributed by atoms with van der Waals surface area (Å²) in [6.07, 6.45) is 0. The Labute approximate surface area is 115 Å². The van der Waals surface area contributed by atoms with Crippen LogP contribution in [-0.4, -0.2) is 0 Å². The number of aryl methyl sites for hydroxylation is 5. The summed E-state index contributed by atoms with van der Waals surface area (Å²) in [5, 5.41) is 0. The molecule has 0 aromatic heterocycles. The first-order valence-electron chi connectivity index (χ1n) is 6.51. The van der Waals surface area contributed by atoms with E-state index < -0.39 is 0 Å². The van der Waals surface area contributed by atoms with Gasteiger partial charge in [0.1, 0.15) is 11.5 Å². The number of nitrogens with two attached hydrogens (primary N) is 1. The zero-order valence-electron chi connectivity index (χ0n) is 12.3. The SMILES string of the molecule is Cc1cc(C)c(Oc2c(C)cc(N)cc2C)c(C)c1. The molecular weight excluding hydrogens is 234 g/mol. The van der Waals surface area contributed by atoms with Crippen LogP contribution in [0.4, 0.5) is 5.69 Å². The molecule has 2 N–H and O–H groups in total. The van der Waals surface area contributed by atoms with Crippen LogP contribution in [0.3, 0.4) is 0 Å². The zero-order valence-corrected chi connectivity index (χ0v) is 12.3. The van der Waals surface area contributed by atoms with Crippen LogP contribution >= 0.6 is 0 Å². The minimum Gasteiger partial charge on any atom is -0.456 e. The molecule has 0 radical (unpaired) electrons. The first-order valence-corrected chi connectivity index (χ1v) is 6.51. The molecule has 0 saturated heterocycles. The minimum absolute atomic E-state index is 0.778. The minimum atomic E-state index is 0.778. The van der Waals surface area contributed by atoms with Gasteiger partial charge in [-0.25, -0.2) is 0 Å². The second-order valence-corrected chi connectivity index (χ2v) is 5.31. The molecule has 0 unspecified atom stereocenters. The van der Waals surface area contributed by atoms with Crippen LogP contribution in [0.1, 0.15) is 27.8 Å². The Morgan fingerprint density at radius 2 is 1.05 bits per heavy atom. The Morgan fingerprint density at radius 3 is 1.47 bits per heavy atom. The van der Waals surface area contributed by atoms with Gasteiger partial charge in [-0.2, -0.15) is 0 Å². The highest BCUT2D eigenvalue weighted by atomic mass is 16.5. The second-order valence-electron chi connectivity index (χ2n) is 5.31. The van der Waals surface area contributed by atoms with E-state index in [4.69, 9.17) is 10.5 Å².